The number of halogens is 1. The lowest BCUT2D eigenvalue weighted by Crippen LogP contribution is -2.14. The number of carbonyl (C=O) groups is 1. The Hall–Kier alpha value is -3.17. The molecule has 0 spiro atoms. The monoisotopic (exact) mass is 386 g/mol. The van der Waals surface area contributed by atoms with Crippen LogP contribution < -0.4 is 19.5 Å². The van der Waals surface area contributed by atoms with Crippen molar-refractivity contribution >= 4 is 29.3 Å². The molecule has 0 atom stereocenters. The van der Waals surface area contributed by atoms with Crippen LogP contribution in [0.5, 0.6) is 17.2 Å². The second-order valence-corrected chi connectivity index (χ2v) is 5.92. The largest absolute Gasteiger partial charge is 0.495 e. The van der Waals surface area contributed by atoms with Crippen molar-refractivity contribution in [1.29, 1.82) is 5.26 Å². The van der Waals surface area contributed by atoms with Gasteiger partial charge in [-0.3, -0.25) is 4.79 Å². The van der Waals surface area contributed by atoms with Crippen LogP contribution in [0, 0.1) is 18.3 Å². The highest BCUT2D eigenvalue weighted by Crippen LogP contribution is 2.33. The lowest BCUT2D eigenvalue weighted by atomic mass is 10.1. The molecule has 1 N–H and O–H groups in total. The number of nitrogens with one attached hydrogen (secondary N) is 1. The number of ether oxygens (including phenoxy) is 3. The molecule has 0 aromatic heterocycles. The average Bonchev–Trinajstić information content (AvgIpc) is 2.67. The summed E-state index contributed by atoms with van der Waals surface area (Å²) in [5, 5.41) is 12.6. The molecule has 6 nitrogen and oxygen atoms in total. The summed E-state index contributed by atoms with van der Waals surface area (Å²) in [7, 11) is 4.47. The maximum Gasteiger partial charge on any atom is 0.266 e. The van der Waals surface area contributed by atoms with Gasteiger partial charge in [0.1, 0.15) is 17.4 Å². The molecule has 140 valence electrons. The number of hydrogen-bond acceptors (Lipinski definition) is 5. The minimum absolute atomic E-state index is 0.101. The molecule has 0 bridgehead atoms. The van der Waals surface area contributed by atoms with Gasteiger partial charge in [-0.1, -0.05) is 23.7 Å². The average molecular weight is 387 g/mol. The van der Waals surface area contributed by atoms with E-state index in [-0.39, 0.29) is 5.57 Å². The van der Waals surface area contributed by atoms with Gasteiger partial charge in [0.2, 0.25) is 0 Å². The van der Waals surface area contributed by atoms with E-state index in [9.17, 15) is 10.1 Å². The van der Waals surface area contributed by atoms with Crippen LogP contribution in [0.2, 0.25) is 5.02 Å². The molecular weight excluding hydrogens is 368 g/mol. The standard InChI is InChI=1S/C20H19ClN2O4/c1-12-8-16(18(26-3)10-15(12)21)23-20(24)14(11-22)9-13-6-5-7-17(25-2)19(13)27-4/h5-10H,1-4H3,(H,23,24)/b14-9+. The van der Waals surface area contributed by atoms with E-state index in [0.717, 1.165) is 5.56 Å². The van der Waals surface area contributed by atoms with Gasteiger partial charge in [-0.2, -0.15) is 5.26 Å². The van der Waals surface area contributed by atoms with E-state index in [1.165, 1.54) is 27.4 Å². The van der Waals surface area contributed by atoms with Crippen LogP contribution in [-0.2, 0) is 4.79 Å². The van der Waals surface area contributed by atoms with E-state index < -0.39 is 5.91 Å². The molecule has 0 unspecified atom stereocenters. The highest BCUT2D eigenvalue weighted by molar-refractivity contribution is 6.31. The summed E-state index contributed by atoms with van der Waals surface area (Å²) in [5.41, 5.74) is 1.63. The Balaban J connectivity index is 2.39. The van der Waals surface area contributed by atoms with Crippen LogP contribution in [0.15, 0.2) is 35.9 Å². The second kappa shape index (κ2) is 8.97. The third-order valence-electron chi connectivity index (χ3n) is 3.83. The first-order valence-corrected chi connectivity index (χ1v) is 8.31. The molecule has 0 saturated heterocycles. The summed E-state index contributed by atoms with van der Waals surface area (Å²) in [4.78, 5) is 12.6. The van der Waals surface area contributed by atoms with E-state index in [1.807, 2.05) is 6.07 Å². The van der Waals surface area contributed by atoms with E-state index in [1.54, 1.807) is 37.3 Å². The lowest BCUT2D eigenvalue weighted by molar-refractivity contribution is -0.112. The summed E-state index contributed by atoms with van der Waals surface area (Å²) in [5.74, 6) is 0.747. The number of nitriles is 1. The number of para-hydroxylation sites is 1. The van der Waals surface area contributed by atoms with Crippen LogP contribution in [0.3, 0.4) is 0 Å². The zero-order chi connectivity index (χ0) is 20.0. The minimum atomic E-state index is -0.581. The van der Waals surface area contributed by atoms with Crippen LogP contribution in [0.25, 0.3) is 6.08 Å². The zero-order valence-electron chi connectivity index (χ0n) is 15.4. The van der Waals surface area contributed by atoms with Crippen molar-refractivity contribution in [2.45, 2.75) is 6.92 Å². The molecule has 0 saturated carbocycles. The smallest absolute Gasteiger partial charge is 0.266 e. The molecule has 0 heterocycles. The van der Waals surface area contributed by atoms with Crippen molar-refractivity contribution in [2.75, 3.05) is 26.6 Å². The van der Waals surface area contributed by atoms with Crippen molar-refractivity contribution in [1.82, 2.24) is 0 Å². The Kier molecular flexibility index (Phi) is 6.69. The summed E-state index contributed by atoms with van der Waals surface area (Å²) in [6, 6.07) is 10.4. The number of aryl methyl sites for hydroxylation is 1. The maximum absolute atomic E-state index is 12.6. The third kappa shape index (κ3) is 4.52. The molecule has 2 aromatic rings. The first-order chi connectivity index (χ1) is 12.9. The number of benzene rings is 2. The fourth-order valence-electron chi connectivity index (χ4n) is 2.45. The third-order valence-corrected chi connectivity index (χ3v) is 4.23. The van der Waals surface area contributed by atoms with E-state index in [4.69, 9.17) is 25.8 Å². The quantitative estimate of drug-likeness (QED) is 0.593. The van der Waals surface area contributed by atoms with Gasteiger partial charge in [0.25, 0.3) is 5.91 Å². The first kappa shape index (κ1) is 20.1. The molecule has 0 aliphatic carbocycles. The van der Waals surface area contributed by atoms with Crippen molar-refractivity contribution in [3.8, 4) is 23.3 Å². The Bertz CT molecular complexity index is 932. The molecule has 27 heavy (non-hydrogen) atoms. The van der Waals surface area contributed by atoms with Crippen molar-refractivity contribution < 1.29 is 19.0 Å². The number of nitrogens with zero attached hydrogens (tertiary/aromatic N) is 1. The summed E-state index contributed by atoms with van der Waals surface area (Å²) in [6.07, 6.45) is 1.44. The summed E-state index contributed by atoms with van der Waals surface area (Å²) < 4.78 is 15.8. The SMILES string of the molecule is COc1cc(Cl)c(C)cc1NC(=O)/C(C#N)=C/c1cccc(OC)c1OC. The van der Waals surface area contributed by atoms with Gasteiger partial charge in [0.15, 0.2) is 11.5 Å². The highest BCUT2D eigenvalue weighted by Gasteiger charge is 2.16. The van der Waals surface area contributed by atoms with E-state index in [2.05, 4.69) is 5.32 Å². The molecule has 0 aliphatic rings. The van der Waals surface area contributed by atoms with Gasteiger partial charge < -0.3 is 19.5 Å². The van der Waals surface area contributed by atoms with E-state index in [0.29, 0.717) is 33.5 Å². The van der Waals surface area contributed by atoms with Crippen molar-refractivity contribution in [2.24, 2.45) is 0 Å². The minimum Gasteiger partial charge on any atom is -0.495 e. The van der Waals surface area contributed by atoms with Gasteiger partial charge in [0.05, 0.1) is 27.0 Å². The maximum atomic E-state index is 12.6. The topological polar surface area (TPSA) is 80.6 Å². The van der Waals surface area contributed by atoms with Crippen LogP contribution >= 0.6 is 11.6 Å². The highest BCUT2D eigenvalue weighted by atomic mass is 35.5. The normalized spacial score (nSPS) is 10.7. The van der Waals surface area contributed by atoms with Gasteiger partial charge in [-0.15, -0.1) is 0 Å². The molecule has 2 aromatic carbocycles. The number of carbonyl (C=O) groups excluding carboxylic acids is 1. The fourth-order valence-corrected chi connectivity index (χ4v) is 2.60. The Morgan fingerprint density at radius 1 is 1.15 bits per heavy atom. The second-order valence-electron chi connectivity index (χ2n) is 5.51. The number of rotatable bonds is 6. The summed E-state index contributed by atoms with van der Waals surface area (Å²) in [6.45, 7) is 1.81. The Morgan fingerprint density at radius 2 is 1.85 bits per heavy atom. The molecule has 7 heteroatoms. The van der Waals surface area contributed by atoms with Gasteiger partial charge in [0, 0.05) is 16.7 Å². The van der Waals surface area contributed by atoms with Crippen LogP contribution in [0.4, 0.5) is 5.69 Å². The predicted octanol–water partition coefficient (Wildman–Crippen LogP) is 4.22. The van der Waals surface area contributed by atoms with E-state index >= 15 is 0 Å². The molecule has 2 rings (SSSR count). The molecule has 1 amide bonds. The van der Waals surface area contributed by atoms with Crippen LogP contribution in [0.1, 0.15) is 11.1 Å². The number of amides is 1. The molecule has 0 fully saturated rings. The first-order valence-electron chi connectivity index (χ1n) is 7.93. The number of methoxy groups -OCH3 is 3. The van der Waals surface area contributed by atoms with Gasteiger partial charge in [-0.05, 0) is 30.7 Å². The fraction of sp³-hybridized carbons (Fsp3) is 0.200. The lowest BCUT2D eigenvalue weighted by Gasteiger charge is -2.13. The molecular formula is C20H19ClN2O4. The molecule has 0 aliphatic heterocycles. The summed E-state index contributed by atoms with van der Waals surface area (Å²) >= 11 is 6.08. The Morgan fingerprint density at radius 3 is 2.44 bits per heavy atom. The Labute approximate surface area is 162 Å². The van der Waals surface area contributed by atoms with Crippen molar-refractivity contribution in [3.63, 3.8) is 0 Å². The van der Waals surface area contributed by atoms with Gasteiger partial charge >= 0.3 is 0 Å². The van der Waals surface area contributed by atoms with Crippen molar-refractivity contribution in [3.05, 3.63) is 52.1 Å². The predicted molar refractivity (Wildman–Crippen MR) is 105 cm³/mol. The van der Waals surface area contributed by atoms with Crippen LogP contribution in [-0.4, -0.2) is 27.2 Å². The molecule has 0 radical (unpaired) electrons. The van der Waals surface area contributed by atoms with Gasteiger partial charge in [-0.25, -0.2) is 0 Å². The number of anilines is 1. The zero-order valence-corrected chi connectivity index (χ0v) is 16.2. The number of hydrogen-bond donors (Lipinski definition) is 1.